The third kappa shape index (κ3) is 2.46. The molecule has 2 fully saturated rings. The standard InChI is InChI=1S/C18H20N4O/c1-12-3-5-15(6-4-12)21-10-17-7-16(21)11-22(17)18-19-8-14(9-20-18)13(2)23/h3-6,8-9,16-17H,7,10-11H2,1-2H3/t16-,17-/m0/s1. The summed E-state index contributed by atoms with van der Waals surface area (Å²) >= 11 is 0. The molecule has 2 aliphatic heterocycles. The monoisotopic (exact) mass is 308 g/mol. The Morgan fingerprint density at radius 3 is 2.22 bits per heavy atom. The number of hydrogen-bond acceptors (Lipinski definition) is 5. The van der Waals surface area contributed by atoms with Crippen molar-refractivity contribution in [1.82, 2.24) is 9.97 Å². The molecule has 5 heteroatoms. The fourth-order valence-electron chi connectivity index (χ4n) is 3.62. The molecule has 0 N–H and O–H groups in total. The molecule has 4 rings (SSSR count). The first-order valence-corrected chi connectivity index (χ1v) is 8.05. The summed E-state index contributed by atoms with van der Waals surface area (Å²) in [5.41, 5.74) is 3.16. The second-order valence-corrected chi connectivity index (χ2v) is 6.51. The highest BCUT2D eigenvalue weighted by molar-refractivity contribution is 5.93. The van der Waals surface area contributed by atoms with Gasteiger partial charge in [0.1, 0.15) is 0 Å². The number of aromatic nitrogens is 2. The molecule has 2 aliphatic rings. The molecule has 1 aromatic heterocycles. The average Bonchev–Trinajstić information content (AvgIpc) is 3.16. The van der Waals surface area contributed by atoms with E-state index in [4.69, 9.17) is 0 Å². The molecule has 118 valence electrons. The first-order valence-electron chi connectivity index (χ1n) is 8.05. The van der Waals surface area contributed by atoms with Gasteiger partial charge in [-0.15, -0.1) is 0 Å². The number of nitrogens with zero attached hydrogens (tertiary/aromatic N) is 4. The fourth-order valence-corrected chi connectivity index (χ4v) is 3.62. The second kappa shape index (κ2) is 5.33. The molecule has 0 aliphatic carbocycles. The van der Waals surface area contributed by atoms with Gasteiger partial charge in [0, 0.05) is 37.2 Å². The van der Waals surface area contributed by atoms with E-state index in [2.05, 4.69) is 51.0 Å². The molecule has 2 aromatic rings. The van der Waals surface area contributed by atoms with Gasteiger partial charge in [0.15, 0.2) is 5.78 Å². The van der Waals surface area contributed by atoms with Crippen molar-refractivity contribution in [3.63, 3.8) is 0 Å². The summed E-state index contributed by atoms with van der Waals surface area (Å²) in [6, 6.07) is 9.71. The molecule has 0 amide bonds. The maximum Gasteiger partial charge on any atom is 0.225 e. The normalized spacial score (nSPS) is 22.7. The Kier molecular flexibility index (Phi) is 3.29. The summed E-state index contributed by atoms with van der Waals surface area (Å²) in [4.78, 5) is 24.9. The largest absolute Gasteiger partial charge is 0.365 e. The Balaban J connectivity index is 1.50. The second-order valence-electron chi connectivity index (χ2n) is 6.51. The minimum Gasteiger partial charge on any atom is -0.365 e. The van der Waals surface area contributed by atoms with E-state index < -0.39 is 0 Å². The molecule has 0 spiro atoms. The summed E-state index contributed by atoms with van der Waals surface area (Å²) in [6.45, 7) is 5.60. The SMILES string of the molecule is CC(=O)c1cnc(N2C[C@@H]3C[C@H]2CN3c2ccc(C)cc2)nc1. The maximum absolute atomic E-state index is 11.3. The van der Waals surface area contributed by atoms with E-state index in [1.54, 1.807) is 12.4 Å². The van der Waals surface area contributed by atoms with Crippen LogP contribution in [0.3, 0.4) is 0 Å². The average molecular weight is 308 g/mol. The summed E-state index contributed by atoms with van der Waals surface area (Å²) in [6.07, 6.45) is 4.41. The molecular weight excluding hydrogens is 288 g/mol. The van der Waals surface area contributed by atoms with Crippen LogP contribution in [0.25, 0.3) is 0 Å². The predicted octanol–water partition coefficient (Wildman–Crippen LogP) is 2.46. The zero-order valence-corrected chi connectivity index (χ0v) is 13.4. The molecule has 2 bridgehead atoms. The molecule has 3 heterocycles. The topological polar surface area (TPSA) is 49.3 Å². The third-order valence-electron chi connectivity index (χ3n) is 4.91. The van der Waals surface area contributed by atoms with Crippen molar-refractivity contribution in [3.8, 4) is 0 Å². The van der Waals surface area contributed by atoms with Crippen LogP contribution in [-0.2, 0) is 0 Å². The lowest BCUT2D eigenvalue weighted by molar-refractivity contribution is 0.101. The number of aryl methyl sites for hydroxylation is 1. The van der Waals surface area contributed by atoms with E-state index in [1.165, 1.54) is 18.2 Å². The van der Waals surface area contributed by atoms with E-state index >= 15 is 0 Å². The van der Waals surface area contributed by atoms with Gasteiger partial charge in [-0.2, -0.15) is 0 Å². The smallest absolute Gasteiger partial charge is 0.225 e. The number of anilines is 2. The molecule has 5 nitrogen and oxygen atoms in total. The van der Waals surface area contributed by atoms with Gasteiger partial charge in [-0.1, -0.05) is 17.7 Å². The minimum atomic E-state index is 0.00467. The van der Waals surface area contributed by atoms with Gasteiger partial charge in [-0.05, 0) is 32.4 Å². The van der Waals surface area contributed by atoms with Gasteiger partial charge < -0.3 is 9.80 Å². The van der Waals surface area contributed by atoms with Crippen molar-refractivity contribution in [2.24, 2.45) is 0 Å². The zero-order chi connectivity index (χ0) is 16.0. The highest BCUT2D eigenvalue weighted by atomic mass is 16.1. The van der Waals surface area contributed by atoms with Crippen LogP contribution in [-0.4, -0.2) is 40.9 Å². The van der Waals surface area contributed by atoms with Gasteiger partial charge in [-0.25, -0.2) is 9.97 Å². The van der Waals surface area contributed by atoms with Gasteiger partial charge in [-0.3, -0.25) is 4.79 Å². The number of benzene rings is 1. The molecule has 2 saturated heterocycles. The summed E-state index contributed by atoms with van der Waals surface area (Å²) in [5, 5.41) is 0. The molecule has 1 aromatic carbocycles. The van der Waals surface area contributed by atoms with Gasteiger partial charge in [0.2, 0.25) is 5.95 Å². The van der Waals surface area contributed by atoms with Crippen molar-refractivity contribution >= 4 is 17.4 Å². The lowest BCUT2D eigenvalue weighted by Crippen LogP contribution is -2.47. The van der Waals surface area contributed by atoms with Crippen LogP contribution < -0.4 is 9.80 Å². The molecule has 0 unspecified atom stereocenters. The van der Waals surface area contributed by atoms with Crippen LogP contribution in [0.15, 0.2) is 36.7 Å². The predicted molar refractivity (Wildman–Crippen MR) is 90.1 cm³/mol. The van der Waals surface area contributed by atoms with Crippen LogP contribution in [0.4, 0.5) is 11.6 Å². The van der Waals surface area contributed by atoms with E-state index in [0.29, 0.717) is 17.6 Å². The van der Waals surface area contributed by atoms with E-state index in [9.17, 15) is 4.79 Å². The lowest BCUT2D eigenvalue weighted by Gasteiger charge is -2.35. The number of Topliss-reactive ketones (excluding diaryl/α,β-unsaturated/α-hetero) is 1. The first-order chi connectivity index (χ1) is 11.1. The van der Waals surface area contributed by atoms with Crippen LogP contribution >= 0.6 is 0 Å². The van der Waals surface area contributed by atoms with E-state index in [0.717, 1.165) is 25.5 Å². The van der Waals surface area contributed by atoms with Crippen molar-refractivity contribution < 1.29 is 4.79 Å². The number of fused-ring (bicyclic) bond motifs is 2. The number of rotatable bonds is 3. The van der Waals surface area contributed by atoms with E-state index in [1.807, 2.05) is 0 Å². The van der Waals surface area contributed by atoms with Gasteiger partial charge >= 0.3 is 0 Å². The van der Waals surface area contributed by atoms with Crippen LogP contribution in [0.2, 0.25) is 0 Å². The number of hydrogen-bond donors (Lipinski definition) is 0. The van der Waals surface area contributed by atoms with Crippen molar-refractivity contribution in [2.45, 2.75) is 32.4 Å². The lowest BCUT2D eigenvalue weighted by atomic mass is 10.2. The summed E-state index contributed by atoms with van der Waals surface area (Å²) in [7, 11) is 0. The maximum atomic E-state index is 11.3. The van der Waals surface area contributed by atoms with Crippen molar-refractivity contribution in [2.75, 3.05) is 22.9 Å². The number of carbonyl (C=O) groups excluding carboxylic acids is 1. The van der Waals surface area contributed by atoms with Crippen LogP contribution in [0.5, 0.6) is 0 Å². The fraction of sp³-hybridized carbons (Fsp3) is 0.389. The molecule has 0 radical (unpaired) electrons. The van der Waals surface area contributed by atoms with Crippen LogP contribution in [0.1, 0.15) is 29.3 Å². The summed E-state index contributed by atoms with van der Waals surface area (Å²) in [5.74, 6) is 0.746. The molecular formula is C18H20N4O. The Hall–Kier alpha value is -2.43. The molecule has 2 atom stereocenters. The Morgan fingerprint density at radius 1 is 1.04 bits per heavy atom. The highest BCUT2D eigenvalue weighted by Gasteiger charge is 2.44. The van der Waals surface area contributed by atoms with Crippen molar-refractivity contribution in [1.29, 1.82) is 0 Å². The Bertz CT molecular complexity index is 726. The summed E-state index contributed by atoms with van der Waals surface area (Å²) < 4.78 is 0. The van der Waals surface area contributed by atoms with Gasteiger partial charge in [0.25, 0.3) is 0 Å². The quantitative estimate of drug-likeness (QED) is 0.815. The zero-order valence-electron chi connectivity index (χ0n) is 13.4. The van der Waals surface area contributed by atoms with Crippen molar-refractivity contribution in [3.05, 3.63) is 47.8 Å². The highest BCUT2D eigenvalue weighted by Crippen LogP contribution is 2.36. The molecule has 23 heavy (non-hydrogen) atoms. The number of ketones is 1. The van der Waals surface area contributed by atoms with Crippen LogP contribution in [0, 0.1) is 6.92 Å². The number of piperazine rings is 1. The Morgan fingerprint density at radius 2 is 1.65 bits per heavy atom. The Labute approximate surface area is 136 Å². The molecule has 0 saturated carbocycles. The first kappa shape index (κ1) is 14.2. The number of carbonyl (C=O) groups is 1. The van der Waals surface area contributed by atoms with E-state index in [-0.39, 0.29) is 5.78 Å². The minimum absolute atomic E-state index is 0.00467. The third-order valence-corrected chi connectivity index (χ3v) is 4.91. The van der Waals surface area contributed by atoms with Gasteiger partial charge in [0.05, 0.1) is 11.6 Å².